The van der Waals surface area contributed by atoms with Crippen LogP contribution in [0.1, 0.15) is 106 Å². The molecule has 1 aromatic heterocycles. The number of pyridine rings is 1. The van der Waals surface area contributed by atoms with Gasteiger partial charge in [0.15, 0.2) is 0 Å². The molecule has 2 unspecified atom stereocenters. The largest absolute Gasteiger partial charge is 0.493 e. The van der Waals surface area contributed by atoms with Gasteiger partial charge in [-0.15, -0.1) is 0 Å². The number of benzene rings is 2. The SMILES string of the molecule is Cc1cc(C(C)C)c(C)cc1OCCC(C)c1cccc(OC(C)CCOc2ccc(C)c(C(C)C)c2)n1. The van der Waals surface area contributed by atoms with E-state index in [9.17, 15) is 0 Å². The zero-order valence-corrected chi connectivity index (χ0v) is 24.9. The van der Waals surface area contributed by atoms with Gasteiger partial charge in [-0.25, -0.2) is 4.98 Å². The first-order chi connectivity index (χ1) is 18.0. The van der Waals surface area contributed by atoms with Crippen LogP contribution in [0.25, 0.3) is 0 Å². The summed E-state index contributed by atoms with van der Waals surface area (Å²) in [6.45, 7) is 20.9. The minimum Gasteiger partial charge on any atom is -0.493 e. The van der Waals surface area contributed by atoms with Crippen molar-refractivity contribution >= 4 is 0 Å². The molecule has 1 heterocycles. The van der Waals surface area contributed by atoms with E-state index in [1.807, 2.05) is 18.2 Å². The molecule has 2 atom stereocenters. The summed E-state index contributed by atoms with van der Waals surface area (Å²) in [5.74, 6) is 3.83. The predicted molar refractivity (Wildman–Crippen MR) is 158 cm³/mol. The van der Waals surface area contributed by atoms with E-state index >= 15 is 0 Å². The molecule has 0 saturated heterocycles. The van der Waals surface area contributed by atoms with E-state index in [1.54, 1.807) is 0 Å². The smallest absolute Gasteiger partial charge is 0.213 e. The Labute approximate surface area is 230 Å². The summed E-state index contributed by atoms with van der Waals surface area (Å²) < 4.78 is 18.3. The Hall–Kier alpha value is -3.01. The summed E-state index contributed by atoms with van der Waals surface area (Å²) in [6.07, 6.45) is 1.68. The van der Waals surface area contributed by atoms with Crippen LogP contribution in [0.5, 0.6) is 17.4 Å². The highest BCUT2D eigenvalue weighted by Gasteiger charge is 2.13. The third-order valence-corrected chi connectivity index (χ3v) is 7.23. The molecule has 0 fully saturated rings. The lowest BCUT2D eigenvalue weighted by molar-refractivity contribution is 0.170. The third-order valence-electron chi connectivity index (χ3n) is 7.23. The van der Waals surface area contributed by atoms with E-state index < -0.39 is 0 Å². The van der Waals surface area contributed by atoms with Crippen LogP contribution < -0.4 is 14.2 Å². The first-order valence-corrected chi connectivity index (χ1v) is 14.2. The average molecular weight is 518 g/mol. The Morgan fingerprint density at radius 2 is 1.37 bits per heavy atom. The molecule has 4 nitrogen and oxygen atoms in total. The standard InChI is InChI=1S/C34H47NO3/c1-22(2)30-19-27(8)33(20-26(30)7)37-17-15-25(6)32-11-10-12-34(35-32)38-28(9)16-18-36-29-14-13-24(5)31(21-29)23(3)4/h10-14,19-23,25,28H,15-18H2,1-9H3. The van der Waals surface area contributed by atoms with E-state index in [4.69, 9.17) is 19.2 Å². The highest BCUT2D eigenvalue weighted by Crippen LogP contribution is 2.29. The van der Waals surface area contributed by atoms with Crippen LogP contribution in [0, 0.1) is 20.8 Å². The predicted octanol–water partition coefficient (Wildman–Crippen LogP) is 9.06. The number of aryl methyl sites for hydroxylation is 3. The molecule has 0 amide bonds. The van der Waals surface area contributed by atoms with Gasteiger partial charge in [-0.05, 0) is 98.0 Å². The van der Waals surface area contributed by atoms with E-state index in [0.29, 0.717) is 30.9 Å². The molecule has 206 valence electrons. The van der Waals surface area contributed by atoms with Gasteiger partial charge in [0.25, 0.3) is 0 Å². The summed E-state index contributed by atoms with van der Waals surface area (Å²) in [7, 11) is 0. The van der Waals surface area contributed by atoms with Crippen LogP contribution in [0.3, 0.4) is 0 Å². The van der Waals surface area contributed by atoms with Crippen molar-refractivity contribution in [3.05, 3.63) is 82.0 Å². The second-order valence-electron chi connectivity index (χ2n) is 11.3. The van der Waals surface area contributed by atoms with E-state index in [1.165, 1.54) is 27.8 Å². The van der Waals surface area contributed by atoms with Crippen molar-refractivity contribution in [3.63, 3.8) is 0 Å². The van der Waals surface area contributed by atoms with Crippen molar-refractivity contribution in [2.45, 2.75) is 99.0 Å². The van der Waals surface area contributed by atoms with Crippen molar-refractivity contribution in [1.29, 1.82) is 0 Å². The van der Waals surface area contributed by atoms with Crippen LogP contribution in [-0.2, 0) is 0 Å². The Kier molecular flexibility index (Phi) is 10.6. The normalized spacial score (nSPS) is 13.0. The first-order valence-electron chi connectivity index (χ1n) is 14.2. The van der Waals surface area contributed by atoms with Gasteiger partial charge in [0.2, 0.25) is 5.88 Å². The van der Waals surface area contributed by atoms with Crippen LogP contribution in [-0.4, -0.2) is 24.3 Å². The maximum absolute atomic E-state index is 6.17. The molecule has 2 aromatic carbocycles. The summed E-state index contributed by atoms with van der Waals surface area (Å²) in [6, 6.07) is 16.8. The molecule has 0 aliphatic heterocycles. The lowest BCUT2D eigenvalue weighted by Crippen LogP contribution is -2.17. The van der Waals surface area contributed by atoms with Gasteiger partial charge in [-0.2, -0.15) is 0 Å². The number of nitrogens with zero attached hydrogens (tertiary/aromatic N) is 1. The Morgan fingerprint density at radius 1 is 0.684 bits per heavy atom. The lowest BCUT2D eigenvalue weighted by Gasteiger charge is -2.18. The van der Waals surface area contributed by atoms with Gasteiger partial charge < -0.3 is 14.2 Å². The molecule has 38 heavy (non-hydrogen) atoms. The van der Waals surface area contributed by atoms with Crippen molar-refractivity contribution in [2.75, 3.05) is 13.2 Å². The van der Waals surface area contributed by atoms with Crippen molar-refractivity contribution in [1.82, 2.24) is 4.98 Å². The van der Waals surface area contributed by atoms with Crippen LogP contribution >= 0.6 is 0 Å². The van der Waals surface area contributed by atoms with Crippen molar-refractivity contribution in [2.24, 2.45) is 0 Å². The number of ether oxygens (including phenoxy) is 3. The van der Waals surface area contributed by atoms with Gasteiger partial charge >= 0.3 is 0 Å². The van der Waals surface area contributed by atoms with E-state index in [2.05, 4.69) is 92.6 Å². The summed E-state index contributed by atoms with van der Waals surface area (Å²) in [4.78, 5) is 4.79. The second kappa shape index (κ2) is 13.7. The zero-order chi connectivity index (χ0) is 27.8. The maximum Gasteiger partial charge on any atom is 0.213 e. The molecule has 0 aliphatic rings. The molecule has 4 heteroatoms. The van der Waals surface area contributed by atoms with Gasteiger partial charge in [0.05, 0.1) is 13.2 Å². The second-order valence-corrected chi connectivity index (χ2v) is 11.3. The topological polar surface area (TPSA) is 40.6 Å². The summed E-state index contributed by atoms with van der Waals surface area (Å²) in [5.41, 5.74) is 7.54. The first kappa shape index (κ1) is 29.5. The molecular weight excluding hydrogens is 470 g/mol. The summed E-state index contributed by atoms with van der Waals surface area (Å²) >= 11 is 0. The van der Waals surface area contributed by atoms with Crippen LogP contribution in [0.4, 0.5) is 0 Å². The van der Waals surface area contributed by atoms with Crippen molar-refractivity contribution in [3.8, 4) is 17.4 Å². The van der Waals surface area contributed by atoms with Gasteiger partial charge in [-0.1, -0.05) is 52.8 Å². The minimum absolute atomic E-state index is 0.00596. The highest BCUT2D eigenvalue weighted by molar-refractivity contribution is 5.42. The quantitative estimate of drug-likeness (QED) is 0.227. The van der Waals surface area contributed by atoms with E-state index in [0.717, 1.165) is 30.0 Å². The number of hydrogen-bond donors (Lipinski definition) is 0. The Morgan fingerprint density at radius 3 is 2.08 bits per heavy atom. The van der Waals surface area contributed by atoms with Gasteiger partial charge in [0.1, 0.15) is 17.6 Å². The fourth-order valence-corrected chi connectivity index (χ4v) is 4.79. The third kappa shape index (κ3) is 8.24. The number of aromatic nitrogens is 1. The maximum atomic E-state index is 6.17. The monoisotopic (exact) mass is 517 g/mol. The molecular formula is C34H47NO3. The fraction of sp³-hybridized carbons (Fsp3) is 0.500. The lowest BCUT2D eigenvalue weighted by atomic mass is 9.95. The zero-order valence-electron chi connectivity index (χ0n) is 24.9. The average Bonchev–Trinajstić information content (AvgIpc) is 2.86. The number of rotatable bonds is 13. The van der Waals surface area contributed by atoms with Gasteiger partial charge in [0, 0.05) is 24.1 Å². The van der Waals surface area contributed by atoms with Crippen molar-refractivity contribution < 1.29 is 14.2 Å². The van der Waals surface area contributed by atoms with Gasteiger partial charge in [-0.3, -0.25) is 0 Å². The highest BCUT2D eigenvalue weighted by atomic mass is 16.5. The van der Waals surface area contributed by atoms with Crippen LogP contribution in [0.15, 0.2) is 48.5 Å². The fourth-order valence-electron chi connectivity index (χ4n) is 4.79. The molecule has 3 rings (SSSR count). The molecule has 0 N–H and O–H groups in total. The molecule has 0 bridgehead atoms. The molecule has 0 saturated carbocycles. The summed E-state index contributed by atoms with van der Waals surface area (Å²) in [5, 5.41) is 0. The molecule has 0 aliphatic carbocycles. The molecule has 0 radical (unpaired) electrons. The number of hydrogen-bond acceptors (Lipinski definition) is 4. The van der Waals surface area contributed by atoms with Crippen LogP contribution in [0.2, 0.25) is 0 Å². The van der Waals surface area contributed by atoms with E-state index in [-0.39, 0.29) is 12.0 Å². The minimum atomic E-state index is 0.00596. The molecule has 3 aromatic rings. The Balaban J connectivity index is 1.48. The Bertz CT molecular complexity index is 1180. The molecule has 0 spiro atoms.